The SMILES string of the molecule is [C]1=C/C/C=C\C=C\C/C=C/CC/C=C/1. The van der Waals surface area contributed by atoms with E-state index in [1.807, 2.05) is 12.2 Å². The van der Waals surface area contributed by atoms with E-state index >= 15 is 0 Å². The summed E-state index contributed by atoms with van der Waals surface area (Å²) in [5.41, 5.74) is 0. The summed E-state index contributed by atoms with van der Waals surface area (Å²) in [6.45, 7) is 0. The summed E-state index contributed by atoms with van der Waals surface area (Å²) < 4.78 is 0. The van der Waals surface area contributed by atoms with Gasteiger partial charge >= 0.3 is 0 Å². The minimum Gasteiger partial charge on any atom is -0.0879 e. The number of allylic oxidation sites excluding steroid dienone is 10. The van der Waals surface area contributed by atoms with E-state index in [2.05, 4.69) is 48.6 Å². The van der Waals surface area contributed by atoms with Crippen LogP contribution in [0.5, 0.6) is 0 Å². The summed E-state index contributed by atoms with van der Waals surface area (Å²) in [5.74, 6) is 0. The van der Waals surface area contributed by atoms with Gasteiger partial charge < -0.3 is 0 Å². The minimum atomic E-state index is 0.963. The molecule has 0 atom stereocenters. The van der Waals surface area contributed by atoms with Crippen molar-refractivity contribution in [2.24, 2.45) is 0 Å². The van der Waals surface area contributed by atoms with Crippen molar-refractivity contribution in [2.45, 2.75) is 25.7 Å². The lowest BCUT2D eigenvalue weighted by Gasteiger charge is -1.86. The van der Waals surface area contributed by atoms with E-state index in [1.54, 1.807) is 0 Å². The molecular formula is C14H17. The molecule has 0 fully saturated rings. The summed E-state index contributed by atoms with van der Waals surface area (Å²) in [5, 5.41) is 0. The van der Waals surface area contributed by atoms with Gasteiger partial charge in [-0.05, 0) is 31.8 Å². The Bertz CT molecular complexity index is 262. The molecule has 0 aromatic carbocycles. The molecule has 0 aromatic heterocycles. The molecule has 0 heteroatoms. The van der Waals surface area contributed by atoms with E-state index in [4.69, 9.17) is 0 Å². The molecule has 1 aliphatic rings. The minimum absolute atomic E-state index is 0.963. The number of hydrogen-bond acceptors (Lipinski definition) is 0. The molecule has 1 aliphatic carbocycles. The van der Waals surface area contributed by atoms with Crippen LogP contribution in [0.4, 0.5) is 0 Å². The summed E-state index contributed by atoms with van der Waals surface area (Å²) in [4.78, 5) is 0. The van der Waals surface area contributed by atoms with Gasteiger partial charge in [-0.15, -0.1) is 0 Å². The van der Waals surface area contributed by atoms with Crippen molar-refractivity contribution in [3.05, 3.63) is 60.8 Å². The molecule has 0 N–H and O–H groups in total. The zero-order valence-electron chi connectivity index (χ0n) is 8.52. The summed E-state index contributed by atoms with van der Waals surface area (Å²) >= 11 is 0. The highest BCUT2D eigenvalue weighted by Crippen LogP contribution is 1.97. The zero-order chi connectivity index (χ0) is 9.90. The largest absolute Gasteiger partial charge is 0.0879 e. The Hall–Kier alpha value is -1.30. The highest BCUT2D eigenvalue weighted by atomic mass is 13.8. The first-order chi connectivity index (χ1) is 7.00. The van der Waals surface area contributed by atoms with Crippen molar-refractivity contribution in [1.82, 2.24) is 0 Å². The van der Waals surface area contributed by atoms with Crippen LogP contribution in [-0.4, -0.2) is 0 Å². The van der Waals surface area contributed by atoms with Crippen LogP contribution in [-0.2, 0) is 0 Å². The van der Waals surface area contributed by atoms with Crippen LogP contribution in [0.3, 0.4) is 0 Å². The fourth-order valence-electron chi connectivity index (χ4n) is 1.15. The van der Waals surface area contributed by atoms with E-state index in [0.717, 1.165) is 25.7 Å². The lowest BCUT2D eigenvalue weighted by Crippen LogP contribution is -1.66. The fourth-order valence-corrected chi connectivity index (χ4v) is 1.15. The van der Waals surface area contributed by atoms with Crippen LogP contribution in [0.25, 0.3) is 0 Å². The Labute approximate surface area is 87.0 Å². The first-order valence-electron chi connectivity index (χ1n) is 5.19. The maximum absolute atomic E-state index is 3.13. The van der Waals surface area contributed by atoms with Crippen LogP contribution < -0.4 is 0 Å². The van der Waals surface area contributed by atoms with Gasteiger partial charge in [-0.1, -0.05) is 54.7 Å². The molecule has 73 valence electrons. The van der Waals surface area contributed by atoms with Crippen molar-refractivity contribution in [1.29, 1.82) is 0 Å². The van der Waals surface area contributed by atoms with Crippen molar-refractivity contribution < 1.29 is 0 Å². The van der Waals surface area contributed by atoms with Gasteiger partial charge in [0.25, 0.3) is 0 Å². The second kappa shape index (κ2) is 8.31. The zero-order valence-corrected chi connectivity index (χ0v) is 8.52. The smallest absolute Gasteiger partial charge is 0.0157 e. The molecular weight excluding hydrogens is 168 g/mol. The van der Waals surface area contributed by atoms with Crippen LogP contribution >= 0.6 is 0 Å². The van der Waals surface area contributed by atoms with Gasteiger partial charge in [0.15, 0.2) is 0 Å². The van der Waals surface area contributed by atoms with Crippen LogP contribution in [0.2, 0.25) is 0 Å². The normalized spacial score (nSPS) is 29.7. The van der Waals surface area contributed by atoms with E-state index < -0.39 is 0 Å². The molecule has 1 rings (SSSR count). The molecule has 14 heavy (non-hydrogen) atoms. The average Bonchev–Trinajstić information content (AvgIpc) is 2.22. The molecule has 1 radical (unpaired) electrons. The Morgan fingerprint density at radius 3 is 2.43 bits per heavy atom. The maximum atomic E-state index is 3.13. The quantitative estimate of drug-likeness (QED) is 0.497. The predicted molar refractivity (Wildman–Crippen MR) is 62.8 cm³/mol. The van der Waals surface area contributed by atoms with Gasteiger partial charge in [0.1, 0.15) is 0 Å². The van der Waals surface area contributed by atoms with E-state index in [0.29, 0.717) is 0 Å². The second-order valence-electron chi connectivity index (χ2n) is 3.15. The van der Waals surface area contributed by atoms with Crippen molar-refractivity contribution in [3.63, 3.8) is 0 Å². The Kier molecular flexibility index (Phi) is 6.39. The van der Waals surface area contributed by atoms with Gasteiger partial charge in [-0.2, -0.15) is 0 Å². The molecule has 0 heterocycles. The summed E-state index contributed by atoms with van der Waals surface area (Å²) in [7, 11) is 0. The molecule has 0 bridgehead atoms. The van der Waals surface area contributed by atoms with Gasteiger partial charge in [0.05, 0.1) is 0 Å². The molecule has 0 spiro atoms. The molecule has 0 unspecified atom stereocenters. The third-order valence-corrected chi connectivity index (χ3v) is 1.91. The summed E-state index contributed by atoms with van der Waals surface area (Å²) in [6, 6.07) is 0. The van der Waals surface area contributed by atoms with Gasteiger partial charge in [-0.3, -0.25) is 0 Å². The molecule has 0 aliphatic heterocycles. The van der Waals surface area contributed by atoms with Crippen LogP contribution in [0, 0.1) is 6.08 Å². The van der Waals surface area contributed by atoms with E-state index in [-0.39, 0.29) is 0 Å². The molecule has 0 aromatic rings. The van der Waals surface area contributed by atoms with Gasteiger partial charge in [-0.25, -0.2) is 0 Å². The maximum Gasteiger partial charge on any atom is -0.0157 e. The number of hydrogen-bond donors (Lipinski definition) is 0. The van der Waals surface area contributed by atoms with Crippen LogP contribution in [0.1, 0.15) is 25.7 Å². The molecule has 0 saturated carbocycles. The van der Waals surface area contributed by atoms with Crippen molar-refractivity contribution in [2.75, 3.05) is 0 Å². The topological polar surface area (TPSA) is 0 Å². The van der Waals surface area contributed by atoms with Gasteiger partial charge in [0, 0.05) is 0 Å². The Morgan fingerprint density at radius 2 is 1.50 bits per heavy atom. The first-order valence-corrected chi connectivity index (χ1v) is 5.19. The first kappa shape index (κ1) is 10.8. The highest BCUT2D eigenvalue weighted by molar-refractivity contribution is 5.08. The number of rotatable bonds is 0. The Balaban J connectivity index is 2.45. The highest BCUT2D eigenvalue weighted by Gasteiger charge is 1.77. The van der Waals surface area contributed by atoms with E-state index in [9.17, 15) is 0 Å². The Morgan fingerprint density at radius 1 is 0.714 bits per heavy atom. The second-order valence-corrected chi connectivity index (χ2v) is 3.15. The van der Waals surface area contributed by atoms with Crippen LogP contribution in [0.15, 0.2) is 54.7 Å². The fraction of sp³-hybridized carbons (Fsp3) is 0.286. The molecule has 0 nitrogen and oxygen atoms in total. The summed E-state index contributed by atoms with van der Waals surface area (Å²) in [6.07, 6.45) is 26.5. The third kappa shape index (κ3) is 6.24. The molecule has 0 amide bonds. The predicted octanol–water partition coefficient (Wildman–Crippen LogP) is 4.14. The third-order valence-electron chi connectivity index (χ3n) is 1.91. The van der Waals surface area contributed by atoms with Gasteiger partial charge in [0.2, 0.25) is 0 Å². The standard InChI is InChI=1S/C14H17/c1-2-4-6-8-10-12-14-13-11-9-7-5-3-1/h1-4,7-9,12,14H,5-6,11,13H2/b3-1+,4-2-,9-7+,10-8?,14-12+. The monoisotopic (exact) mass is 185 g/mol. The van der Waals surface area contributed by atoms with Crippen molar-refractivity contribution in [3.8, 4) is 0 Å². The lowest BCUT2D eigenvalue weighted by atomic mass is 10.2. The van der Waals surface area contributed by atoms with E-state index in [1.165, 1.54) is 0 Å². The average molecular weight is 185 g/mol. The molecule has 0 saturated heterocycles. The van der Waals surface area contributed by atoms with Crippen molar-refractivity contribution >= 4 is 0 Å². The lowest BCUT2D eigenvalue weighted by molar-refractivity contribution is 1.04.